The zero-order chi connectivity index (χ0) is 22.6. The summed E-state index contributed by atoms with van der Waals surface area (Å²) >= 11 is 0. The van der Waals surface area contributed by atoms with Crippen molar-refractivity contribution in [3.63, 3.8) is 0 Å². The summed E-state index contributed by atoms with van der Waals surface area (Å²) < 4.78 is 76.3. The van der Waals surface area contributed by atoms with Gasteiger partial charge in [0.25, 0.3) is 0 Å². The molecule has 2 aliphatic heterocycles. The van der Waals surface area contributed by atoms with Gasteiger partial charge in [-0.2, -0.15) is 17.5 Å². The Bertz CT molecular complexity index is 837. The van der Waals surface area contributed by atoms with E-state index in [2.05, 4.69) is 15.3 Å². The standard InChI is InChI=1S/C14H21FN4O3S.C2HF3O2/c1-2-23(20,21)19-5-3-4-14(10-19)6-12(9-22-14)18-13-16-7-11(15)8-17-13;3-2(4,5)1(6)7/h7-8,12H,2-6,9-10H2,1H3,(H,16,17,18);(H,6,7). The maximum atomic E-state index is 12.8. The SMILES string of the molecule is CCS(=O)(=O)N1CCCC2(CC(Nc3ncc(F)cn3)CO2)C1.O=C(O)C(F)(F)F. The van der Waals surface area contributed by atoms with Crippen molar-refractivity contribution in [2.24, 2.45) is 0 Å². The van der Waals surface area contributed by atoms with Gasteiger partial charge in [-0.1, -0.05) is 0 Å². The number of nitrogens with one attached hydrogen (secondary N) is 1. The normalized spacial score (nSPS) is 24.9. The van der Waals surface area contributed by atoms with Crippen LogP contribution in [-0.4, -0.2) is 77.0 Å². The minimum atomic E-state index is -5.08. The summed E-state index contributed by atoms with van der Waals surface area (Å²) in [6.07, 6.45) is -0.554. The molecule has 2 saturated heterocycles. The predicted octanol–water partition coefficient (Wildman–Crippen LogP) is 1.63. The van der Waals surface area contributed by atoms with Crippen LogP contribution in [0.4, 0.5) is 23.5 Å². The minimum absolute atomic E-state index is 0.00950. The first-order valence-electron chi connectivity index (χ1n) is 9.03. The Labute approximate surface area is 170 Å². The Kier molecular flexibility index (Phi) is 7.58. The van der Waals surface area contributed by atoms with E-state index in [9.17, 15) is 26.0 Å². The maximum Gasteiger partial charge on any atom is 0.490 e. The van der Waals surface area contributed by atoms with Crippen molar-refractivity contribution in [2.45, 2.75) is 44.0 Å². The van der Waals surface area contributed by atoms with Gasteiger partial charge < -0.3 is 15.2 Å². The van der Waals surface area contributed by atoms with Crippen LogP contribution < -0.4 is 5.32 Å². The molecule has 2 unspecified atom stereocenters. The third-order valence-electron chi connectivity index (χ3n) is 4.67. The molecular formula is C16H22F4N4O5S. The molecular weight excluding hydrogens is 436 g/mol. The number of hydrogen-bond donors (Lipinski definition) is 2. The molecule has 3 heterocycles. The van der Waals surface area contributed by atoms with E-state index in [0.29, 0.717) is 32.1 Å². The molecule has 0 aromatic carbocycles. The highest BCUT2D eigenvalue weighted by Gasteiger charge is 2.45. The summed E-state index contributed by atoms with van der Waals surface area (Å²) in [5.41, 5.74) is -0.446. The van der Waals surface area contributed by atoms with Crippen LogP contribution in [0.25, 0.3) is 0 Å². The number of alkyl halides is 3. The summed E-state index contributed by atoms with van der Waals surface area (Å²) in [6.45, 7) is 3.06. The third kappa shape index (κ3) is 6.47. The van der Waals surface area contributed by atoms with Crippen LogP contribution in [0.3, 0.4) is 0 Å². The highest BCUT2D eigenvalue weighted by Crippen LogP contribution is 2.36. The largest absolute Gasteiger partial charge is 0.490 e. The second-order valence-corrected chi connectivity index (χ2v) is 9.16. The molecule has 3 rings (SSSR count). The molecule has 2 N–H and O–H groups in total. The second kappa shape index (κ2) is 9.39. The number of sulfonamides is 1. The lowest BCUT2D eigenvalue weighted by Gasteiger charge is -2.38. The van der Waals surface area contributed by atoms with Crippen molar-refractivity contribution in [3.8, 4) is 0 Å². The number of aromatic nitrogens is 2. The predicted molar refractivity (Wildman–Crippen MR) is 96.7 cm³/mol. The van der Waals surface area contributed by atoms with E-state index in [-0.39, 0.29) is 11.8 Å². The van der Waals surface area contributed by atoms with Gasteiger partial charge in [-0.05, 0) is 19.8 Å². The van der Waals surface area contributed by atoms with Crippen molar-refractivity contribution in [1.29, 1.82) is 0 Å². The fraction of sp³-hybridized carbons (Fsp3) is 0.688. The first-order chi connectivity index (χ1) is 13.9. The number of aliphatic carboxylic acids is 1. The van der Waals surface area contributed by atoms with Crippen LogP contribution in [0.1, 0.15) is 26.2 Å². The first-order valence-corrected chi connectivity index (χ1v) is 10.6. The Morgan fingerprint density at radius 2 is 2.00 bits per heavy atom. The summed E-state index contributed by atoms with van der Waals surface area (Å²) in [5.74, 6) is -2.78. The summed E-state index contributed by atoms with van der Waals surface area (Å²) in [7, 11) is -3.20. The Hall–Kier alpha value is -2.06. The highest BCUT2D eigenvalue weighted by atomic mass is 32.2. The molecule has 1 spiro atoms. The molecule has 1 aromatic rings. The molecule has 2 atom stereocenters. The van der Waals surface area contributed by atoms with Gasteiger partial charge in [-0.3, -0.25) is 0 Å². The molecule has 0 saturated carbocycles. The number of carbonyl (C=O) groups is 1. The molecule has 14 heteroatoms. The van der Waals surface area contributed by atoms with Crippen LogP contribution in [0, 0.1) is 5.82 Å². The fourth-order valence-corrected chi connectivity index (χ4v) is 4.47. The molecule has 0 bridgehead atoms. The molecule has 170 valence electrons. The monoisotopic (exact) mass is 458 g/mol. The van der Waals surface area contributed by atoms with Crippen molar-refractivity contribution < 1.29 is 40.6 Å². The van der Waals surface area contributed by atoms with Gasteiger partial charge in [-0.25, -0.2) is 27.6 Å². The van der Waals surface area contributed by atoms with Gasteiger partial charge in [0.05, 0.1) is 36.4 Å². The van der Waals surface area contributed by atoms with Gasteiger partial charge in [0.2, 0.25) is 16.0 Å². The van der Waals surface area contributed by atoms with E-state index in [1.54, 1.807) is 6.92 Å². The van der Waals surface area contributed by atoms with E-state index in [1.165, 1.54) is 4.31 Å². The zero-order valence-corrected chi connectivity index (χ0v) is 16.8. The molecule has 0 aliphatic carbocycles. The quantitative estimate of drug-likeness (QED) is 0.653. The van der Waals surface area contributed by atoms with E-state index < -0.39 is 33.6 Å². The van der Waals surface area contributed by atoms with Crippen molar-refractivity contribution >= 4 is 21.9 Å². The molecule has 9 nitrogen and oxygen atoms in total. The number of ether oxygens (including phenoxy) is 1. The highest BCUT2D eigenvalue weighted by molar-refractivity contribution is 7.89. The molecule has 0 radical (unpaired) electrons. The molecule has 2 aliphatic rings. The van der Waals surface area contributed by atoms with Crippen LogP contribution >= 0.6 is 0 Å². The molecule has 30 heavy (non-hydrogen) atoms. The van der Waals surface area contributed by atoms with Crippen LogP contribution in [0.2, 0.25) is 0 Å². The lowest BCUT2D eigenvalue weighted by Crippen LogP contribution is -2.50. The van der Waals surface area contributed by atoms with Crippen molar-refractivity contribution in [3.05, 3.63) is 18.2 Å². The van der Waals surface area contributed by atoms with E-state index in [4.69, 9.17) is 14.6 Å². The Morgan fingerprint density at radius 3 is 2.53 bits per heavy atom. The van der Waals surface area contributed by atoms with Gasteiger partial charge >= 0.3 is 12.1 Å². The maximum absolute atomic E-state index is 12.8. The Morgan fingerprint density at radius 1 is 1.40 bits per heavy atom. The van der Waals surface area contributed by atoms with Crippen LogP contribution in [-0.2, 0) is 19.6 Å². The number of piperidine rings is 1. The average molecular weight is 458 g/mol. The van der Waals surface area contributed by atoms with Crippen LogP contribution in [0.5, 0.6) is 0 Å². The Balaban J connectivity index is 0.000000396. The van der Waals surface area contributed by atoms with Crippen molar-refractivity contribution in [1.82, 2.24) is 14.3 Å². The van der Waals surface area contributed by atoms with Gasteiger partial charge in [0.15, 0.2) is 5.82 Å². The van der Waals surface area contributed by atoms with Gasteiger partial charge in [0, 0.05) is 19.5 Å². The smallest absolute Gasteiger partial charge is 0.475 e. The van der Waals surface area contributed by atoms with Crippen LogP contribution in [0.15, 0.2) is 12.4 Å². The second-order valence-electron chi connectivity index (χ2n) is 6.90. The minimum Gasteiger partial charge on any atom is -0.475 e. The topological polar surface area (TPSA) is 122 Å². The lowest BCUT2D eigenvalue weighted by molar-refractivity contribution is -0.192. The fourth-order valence-electron chi connectivity index (χ4n) is 3.27. The number of anilines is 1. The number of carboxylic acids is 1. The summed E-state index contributed by atoms with van der Waals surface area (Å²) in [6, 6.07) is -0.00950. The van der Waals surface area contributed by atoms with E-state index in [1.807, 2.05) is 0 Å². The molecule has 2 fully saturated rings. The number of nitrogens with zero attached hydrogens (tertiary/aromatic N) is 3. The first kappa shape index (κ1) is 24.2. The number of halogens is 4. The van der Waals surface area contributed by atoms with Gasteiger partial charge in [0.1, 0.15) is 0 Å². The lowest BCUT2D eigenvalue weighted by atomic mass is 9.90. The van der Waals surface area contributed by atoms with Gasteiger partial charge in [-0.15, -0.1) is 0 Å². The summed E-state index contributed by atoms with van der Waals surface area (Å²) in [5, 5.41) is 10.3. The summed E-state index contributed by atoms with van der Waals surface area (Å²) in [4.78, 5) is 16.7. The number of carboxylic acid groups (broad SMARTS) is 1. The average Bonchev–Trinajstić information content (AvgIpc) is 3.05. The van der Waals surface area contributed by atoms with E-state index >= 15 is 0 Å². The van der Waals surface area contributed by atoms with E-state index in [0.717, 1.165) is 25.2 Å². The number of hydrogen-bond acceptors (Lipinski definition) is 7. The number of rotatable bonds is 4. The molecule has 1 aromatic heterocycles. The van der Waals surface area contributed by atoms with Crippen molar-refractivity contribution in [2.75, 3.05) is 30.8 Å². The third-order valence-corrected chi connectivity index (χ3v) is 6.50. The zero-order valence-electron chi connectivity index (χ0n) is 16.0. The molecule has 0 amide bonds.